The Morgan fingerprint density at radius 1 is 1.45 bits per heavy atom. The van der Waals surface area contributed by atoms with E-state index in [1.807, 2.05) is 13.8 Å². The molecule has 0 fully saturated rings. The van der Waals surface area contributed by atoms with Gasteiger partial charge in [0.1, 0.15) is 0 Å². The van der Waals surface area contributed by atoms with Crippen molar-refractivity contribution in [1.29, 1.82) is 0 Å². The summed E-state index contributed by atoms with van der Waals surface area (Å²) < 4.78 is 21.5. The smallest absolute Gasteiger partial charge is 0.254 e. The van der Waals surface area contributed by atoms with E-state index < -0.39 is 10.0 Å². The Morgan fingerprint density at radius 3 is 2.75 bits per heavy atom. The number of nitrogens with zero attached hydrogens (tertiary/aromatic N) is 1. The van der Waals surface area contributed by atoms with Crippen molar-refractivity contribution in [2.75, 3.05) is 24.2 Å². The molecular formula is C12H20N4O3S. The summed E-state index contributed by atoms with van der Waals surface area (Å²) in [6.45, 7) is 4.71. The second kappa shape index (κ2) is 7.20. The van der Waals surface area contributed by atoms with Crippen LogP contribution in [0.4, 0.5) is 5.69 Å². The van der Waals surface area contributed by atoms with Gasteiger partial charge in [0.05, 0.1) is 17.0 Å². The fraction of sp³-hybridized carbons (Fsp3) is 0.500. The Labute approximate surface area is 119 Å². The van der Waals surface area contributed by atoms with Crippen molar-refractivity contribution < 1.29 is 13.2 Å². The quantitative estimate of drug-likeness (QED) is 0.624. The van der Waals surface area contributed by atoms with Gasteiger partial charge < -0.3 is 10.6 Å². The predicted molar refractivity (Wildman–Crippen MR) is 78.1 cm³/mol. The molecule has 0 bridgehead atoms. The van der Waals surface area contributed by atoms with E-state index in [2.05, 4.69) is 15.6 Å². The second-order valence-electron chi connectivity index (χ2n) is 4.38. The van der Waals surface area contributed by atoms with Crippen molar-refractivity contribution in [1.82, 2.24) is 10.3 Å². The molecule has 0 aromatic carbocycles. The first-order chi connectivity index (χ1) is 9.33. The molecule has 0 aliphatic carbocycles. The lowest BCUT2D eigenvalue weighted by Gasteiger charge is -2.11. The van der Waals surface area contributed by atoms with E-state index in [-0.39, 0.29) is 24.6 Å². The van der Waals surface area contributed by atoms with Gasteiger partial charge in [0, 0.05) is 25.0 Å². The zero-order chi connectivity index (χ0) is 15.2. The summed E-state index contributed by atoms with van der Waals surface area (Å²) in [5.41, 5.74) is 1.96. The van der Waals surface area contributed by atoms with Crippen LogP contribution in [0.15, 0.2) is 12.3 Å². The number of aryl methyl sites for hydroxylation is 1. The van der Waals surface area contributed by atoms with Crippen LogP contribution in [0.3, 0.4) is 0 Å². The minimum absolute atomic E-state index is 0.153. The van der Waals surface area contributed by atoms with Gasteiger partial charge in [-0.15, -0.1) is 0 Å². The van der Waals surface area contributed by atoms with Gasteiger partial charge in [-0.05, 0) is 26.3 Å². The molecule has 0 atom stereocenters. The predicted octanol–water partition coefficient (Wildman–Crippen LogP) is 0.230. The molecule has 7 nitrogen and oxygen atoms in total. The lowest BCUT2D eigenvalue weighted by atomic mass is 10.2. The SMILES string of the molecule is CCNc1cc(C)ncc1C(=O)NCCCS(N)(=O)=O. The van der Waals surface area contributed by atoms with Crippen LogP contribution in [-0.2, 0) is 10.0 Å². The number of pyridine rings is 1. The number of carbonyl (C=O) groups excluding carboxylic acids is 1. The first kappa shape index (κ1) is 16.4. The van der Waals surface area contributed by atoms with E-state index in [9.17, 15) is 13.2 Å². The molecule has 0 saturated heterocycles. The molecule has 0 radical (unpaired) electrons. The van der Waals surface area contributed by atoms with Crippen molar-refractivity contribution in [3.8, 4) is 0 Å². The molecule has 0 spiro atoms. The minimum atomic E-state index is -3.49. The van der Waals surface area contributed by atoms with Crippen LogP contribution in [0.1, 0.15) is 29.4 Å². The molecule has 0 aliphatic heterocycles. The summed E-state index contributed by atoms with van der Waals surface area (Å²) in [7, 11) is -3.49. The van der Waals surface area contributed by atoms with E-state index in [0.717, 1.165) is 5.69 Å². The fourth-order valence-corrected chi connectivity index (χ4v) is 2.19. The number of nitrogens with one attached hydrogen (secondary N) is 2. The molecule has 1 heterocycles. The van der Waals surface area contributed by atoms with E-state index in [1.165, 1.54) is 6.20 Å². The van der Waals surface area contributed by atoms with Crippen molar-refractivity contribution in [3.05, 3.63) is 23.5 Å². The lowest BCUT2D eigenvalue weighted by molar-refractivity contribution is 0.0954. The molecule has 8 heteroatoms. The standard InChI is InChI=1S/C12H20N4O3S/c1-3-14-11-7-9(2)16-8-10(11)12(17)15-5-4-6-20(13,18)19/h7-8H,3-6H2,1-2H3,(H,14,16)(H,15,17)(H2,13,18,19). The number of carbonyl (C=O) groups is 1. The highest BCUT2D eigenvalue weighted by Crippen LogP contribution is 2.15. The number of aromatic nitrogens is 1. The first-order valence-electron chi connectivity index (χ1n) is 6.32. The van der Waals surface area contributed by atoms with Crippen LogP contribution in [0.2, 0.25) is 0 Å². The normalized spacial score (nSPS) is 11.2. The molecular weight excluding hydrogens is 280 g/mol. The molecule has 0 unspecified atom stereocenters. The fourth-order valence-electron chi connectivity index (χ4n) is 1.65. The molecule has 20 heavy (non-hydrogen) atoms. The molecule has 4 N–H and O–H groups in total. The van der Waals surface area contributed by atoms with Gasteiger partial charge in [0.2, 0.25) is 10.0 Å². The highest BCUT2D eigenvalue weighted by atomic mass is 32.2. The Balaban J connectivity index is 2.63. The maximum Gasteiger partial charge on any atom is 0.254 e. The van der Waals surface area contributed by atoms with E-state index >= 15 is 0 Å². The van der Waals surface area contributed by atoms with Gasteiger partial charge in [-0.2, -0.15) is 0 Å². The second-order valence-corrected chi connectivity index (χ2v) is 6.11. The van der Waals surface area contributed by atoms with Gasteiger partial charge in [-0.3, -0.25) is 9.78 Å². The third-order valence-corrected chi connectivity index (χ3v) is 3.40. The number of amides is 1. The summed E-state index contributed by atoms with van der Waals surface area (Å²) >= 11 is 0. The van der Waals surface area contributed by atoms with Gasteiger partial charge in [-0.1, -0.05) is 0 Å². The molecule has 112 valence electrons. The van der Waals surface area contributed by atoms with Crippen molar-refractivity contribution >= 4 is 21.6 Å². The topological polar surface area (TPSA) is 114 Å². The third kappa shape index (κ3) is 5.54. The Hall–Kier alpha value is -1.67. The van der Waals surface area contributed by atoms with Crippen molar-refractivity contribution in [2.45, 2.75) is 20.3 Å². The third-order valence-electron chi connectivity index (χ3n) is 2.54. The molecule has 1 aromatic rings. The molecule has 1 aromatic heterocycles. The summed E-state index contributed by atoms with van der Waals surface area (Å²) in [6, 6.07) is 1.79. The van der Waals surface area contributed by atoms with Gasteiger partial charge in [0.15, 0.2) is 0 Å². The Morgan fingerprint density at radius 2 is 2.15 bits per heavy atom. The van der Waals surface area contributed by atoms with Gasteiger partial charge in [-0.25, -0.2) is 13.6 Å². The Kier molecular flexibility index (Phi) is 5.90. The van der Waals surface area contributed by atoms with Crippen molar-refractivity contribution in [3.63, 3.8) is 0 Å². The Bertz CT molecular complexity index is 572. The largest absolute Gasteiger partial charge is 0.385 e. The van der Waals surface area contributed by atoms with Crippen LogP contribution in [0.5, 0.6) is 0 Å². The van der Waals surface area contributed by atoms with Gasteiger partial charge in [0.25, 0.3) is 5.91 Å². The van der Waals surface area contributed by atoms with E-state index in [1.54, 1.807) is 6.07 Å². The summed E-state index contributed by atoms with van der Waals surface area (Å²) in [4.78, 5) is 16.1. The maximum absolute atomic E-state index is 12.0. The van der Waals surface area contributed by atoms with Crippen LogP contribution in [0, 0.1) is 6.92 Å². The zero-order valence-corrected chi connectivity index (χ0v) is 12.5. The average molecular weight is 300 g/mol. The van der Waals surface area contributed by atoms with Crippen LogP contribution >= 0.6 is 0 Å². The molecule has 1 amide bonds. The number of anilines is 1. The molecule has 0 aliphatic rings. The number of rotatable bonds is 7. The summed E-state index contributed by atoms with van der Waals surface area (Å²) in [6.07, 6.45) is 1.78. The van der Waals surface area contributed by atoms with Gasteiger partial charge >= 0.3 is 0 Å². The zero-order valence-electron chi connectivity index (χ0n) is 11.6. The summed E-state index contributed by atoms with van der Waals surface area (Å²) in [5, 5.41) is 10.6. The summed E-state index contributed by atoms with van der Waals surface area (Å²) in [5.74, 6) is -0.442. The minimum Gasteiger partial charge on any atom is -0.385 e. The average Bonchev–Trinajstić information content (AvgIpc) is 2.34. The van der Waals surface area contributed by atoms with Crippen molar-refractivity contribution in [2.24, 2.45) is 5.14 Å². The first-order valence-corrected chi connectivity index (χ1v) is 8.04. The van der Waals surface area contributed by atoms with E-state index in [0.29, 0.717) is 17.8 Å². The number of primary sulfonamides is 1. The van der Waals surface area contributed by atoms with E-state index in [4.69, 9.17) is 5.14 Å². The highest BCUT2D eigenvalue weighted by Gasteiger charge is 2.12. The number of sulfonamides is 1. The number of nitrogens with two attached hydrogens (primary N) is 1. The highest BCUT2D eigenvalue weighted by molar-refractivity contribution is 7.89. The maximum atomic E-state index is 12.0. The van der Waals surface area contributed by atoms with Crippen LogP contribution < -0.4 is 15.8 Å². The number of hydrogen-bond donors (Lipinski definition) is 3. The molecule has 0 saturated carbocycles. The van der Waals surface area contributed by atoms with Crippen LogP contribution in [-0.4, -0.2) is 38.2 Å². The molecule has 1 rings (SSSR count). The number of hydrogen-bond acceptors (Lipinski definition) is 5. The lowest BCUT2D eigenvalue weighted by Crippen LogP contribution is -2.28. The van der Waals surface area contributed by atoms with Crippen LogP contribution in [0.25, 0.3) is 0 Å². The monoisotopic (exact) mass is 300 g/mol.